The maximum absolute atomic E-state index is 11.7. The number of pyridine rings is 1. The number of carbonyl (C=O) groups excluding carboxylic acids is 1. The molecule has 0 spiro atoms. The van der Waals surface area contributed by atoms with Gasteiger partial charge in [0, 0.05) is 19.5 Å². The lowest BCUT2D eigenvalue weighted by atomic mass is 10.00. The highest BCUT2D eigenvalue weighted by atomic mass is 16.1. The van der Waals surface area contributed by atoms with Crippen LogP contribution in [0.2, 0.25) is 0 Å². The van der Waals surface area contributed by atoms with Crippen LogP contribution in [0.4, 0.5) is 11.5 Å². The van der Waals surface area contributed by atoms with E-state index in [4.69, 9.17) is 0 Å². The molecule has 1 aliphatic rings. The van der Waals surface area contributed by atoms with Gasteiger partial charge in [-0.3, -0.25) is 4.79 Å². The molecule has 3 rings (SSSR count). The van der Waals surface area contributed by atoms with Crippen molar-refractivity contribution >= 4 is 17.4 Å². The molecule has 2 heterocycles. The number of fused-ring (bicyclic) bond motifs is 1. The van der Waals surface area contributed by atoms with E-state index in [0.717, 1.165) is 38.0 Å². The van der Waals surface area contributed by atoms with E-state index in [1.54, 1.807) is 0 Å². The van der Waals surface area contributed by atoms with Crippen molar-refractivity contribution in [2.24, 2.45) is 0 Å². The van der Waals surface area contributed by atoms with Gasteiger partial charge in [-0.25, -0.2) is 4.98 Å². The third-order valence-corrected chi connectivity index (χ3v) is 4.27. The molecule has 0 saturated heterocycles. The van der Waals surface area contributed by atoms with Crippen molar-refractivity contribution < 1.29 is 4.79 Å². The van der Waals surface area contributed by atoms with Crippen LogP contribution >= 0.6 is 0 Å². The first-order chi connectivity index (χ1) is 11.3. The predicted molar refractivity (Wildman–Crippen MR) is 93.6 cm³/mol. The molecule has 0 bridgehead atoms. The Balaban J connectivity index is 1.63. The molecule has 0 fully saturated rings. The van der Waals surface area contributed by atoms with E-state index in [0.29, 0.717) is 12.2 Å². The van der Waals surface area contributed by atoms with Crippen LogP contribution in [-0.4, -0.2) is 17.4 Å². The highest BCUT2D eigenvalue weighted by Crippen LogP contribution is 2.24. The Hall–Kier alpha value is -2.36. The lowest BCUT2D eigenvalue weighted by Gasteiger charge is -2.30. The van der Waals surface area contributed by atoms with Gasteiger partial charge >= 0.3 is 0 Å². The average Bonchev–Trinajstić information content (AvgIpc) is 2.60. The lowest BCUT2D eigenvalue weighted by Crippen LogP contribution is -2.30. The summed E-state index contributed by atoms with van der Waals surface area (Å²) in [4.78, 5) is 18.4. The minimum Gasteiger partial charge on any atom is -0.366 e. The Morgan fingerprint density at radius 1 is 1.22 bits per heavy atom. The monoisotopic (exact) mass is 309 g/mol. The summed E-state index contributed by atoms with van der Waals surface area (Å²) in [5.41, 5.74) is 3.93. The van der Waals surface area contributed by atoms with Gasteiger partial charge in [0.05, 0.1) is 11.9 Å². The van der Waals surface area contributed by atoms with Crippen LogP contribution in [0.1, 0.15) is 37.3 Å². The topological polar surface area (TPSA) is 45.2 Å². The van der Waals surface area contributed by atoms with E-state index in [1.165, 1.54) is 11.1 Å². The van der Waals surface area contributed by atoms with Crippen molar-refractivity contribution in [3.63, 3.8) is 0 Å². The molecular formula is C19H23N3O. The standard InChI is InChI=1S/C19H23N3O/c1-2-3-8-19(23)21-18-10-9-17(13-20-18)22-12-11-15-6-4-5-7-16(15)14-22/h4-7,9-10,13H,2-3,8,11-12,14H2,1H3,(H,20,21,23). The molecule has 23 heavy (non-hydrogen) atoms. The first-order valence-electron chi connectivity index (χ1n) is 8.34. The van der Waals surface area contributed by atoms with Gasteiger partial charge in [0.25, 0.3) is 0 Å². The fraction of sp³-hybridized carbons (Fsp3) is 0.368. The largest absolute Gasteiger partial charge is 0.366 e. The zero-order valence-electron chi connectivity index (χ0n) is 13.6. The number of nitrogens with zero attached hydrogens (tertiary/aromatic N) is 2. The molecular weight excluding hydrogens is 286 g/mol. The normalized spacial score (nSPS) is 13.5. The molecule has 1 amide bonds. The smallest absolute Gasteiger partial charge is 0.225 e. The zero-order valence-corrected chi connectivity index (χ0v) is 13.6. The predicted octanol–water partition coefficient (Wildman–Crippen LogP) is 3.77. The van der Waals surface area contributed by atoms with E-state index >= 15 is 0 Å². The van der Waals surface area contributed by atoms with Crippen LogP contribution in [0, 0.1) is 0 Å². The van der Waals surface area contributed by atoms with Gasteiger partial charge in [0.1, 0.15) is 5.82 Å². The number of hydrogen-bond acceptors (Lipinski definition) is 3. The van der Waals surface area contributed by atoms with Crippen LogP contribution in [0.3, 0.4) is 0 Å². The van der Waals surface area contributed by atoms with Crippen molar-refractivity contribution in [1.82, 2.24) is 4.98 Å². The molecule has 2 aromatic rings. The van der Waals surface area contributed by atoms with Crippen LogP contribution < -0.4 is 10.2 Å². The van der Waals surface area contributed by atoms with Crippen molar-refractivity contribution in [1.29, 1.82) is 0 Å². The van der Waals surface area contributed by atoms with Gasteiger partial charge in [-0.15, -0.1) is 0 Å². The fourth-order valence-corrected chi connectivity index (χ4v) is 2.91. The highest BCUT2D eigenvalue weighted by Gasteiger charge is 2.16. The molecule has 1 aromatic carbocycles. The fourth-order valence-electron chi connectivity index (χ4n) is 2.91. The SMILES string of the molecule is CCCCC(=O)Nc1ccc(N2CCc3ccccc3C2)cn1. The maximum Gasteiger partial charge on any atom is 0.225 e. The Morgan fingerprint density at radius 2 is 2.04 bits per heavy atom. The number of benzene rings is 1. The summed E-state index contributed by atoms with van der Waals surface area (Å²) in [7, 11) is 0. The van der Waals surface area contributed by atoms with E-state index in [1.807, 2.05) is 18.3 Å². The van der Waals surface area contributed by atoms with Crippen molar-refractivity contribution in [3.05, 3.63) is 53.7 Å². The first-order valence-corrected chi connectivity index (χ1v) is 8.34. The summed E-state index contributed by atoms with van der Waals surface area (Å²) in [5, 5.41) is 2.85. The number of carbonyl (C=O) groups is 1. The van der Waals surface area contributed by atoms with Crippen LogP contribution in [0.15, 0.2) is 42.6 Å². The number of hydrogen-bond donors (Lipinski definition) is 1. The van der Waals surface area contributed by atoms with E-state index < -0.39 is 0 Å². The Bertz CT molecular complexity index is 667. The summed E-state index contributed by atoms with van der Waals surface area (Å²) in [6.45, 7) is 4.00. The summed E-state index contributed by atoms with van der Waals surface area (Å²) < 4.78 is 0. The molecule has 120 valence electrons. The first kappa shape index (κ1) is 15.5. The molecule has 1 aliphatic heterocycles. The molecule has 0 aliphatic carbocycles. The highest BCUT2D eigenvalue weighted by molar-refractivity contribution is 5.89. The minimum atomic E-state index is 0.0407. The Morgan fingerprint density at radius 3 is 2.78 bits per heavy atom. The number of nitrogens with one attached hydrogen (secondary N) is 1. The third-order valence-electron chi connectivity index (χ3n) is 4.27. The van der Waals surface area contributed by atoms with Gasteiger partial charge in [-0.2, -0.15) is 0 Å². The van der Waals surface area contributed by atoms with Crippen LogP contribution in [-0.2, 0) is 17.8 Å². The van der Waals surface area contributed by atoms with Crippen LogP contribution in [0.5, 0.6) is 0 Å². The molecule has 0 atom stereocenters. The Kier molecular flexibility index (Phi) is 4.91. The van der Waals surface area contributed by atoms with Crippen LogP contribution in [0.25, 0.3) is 0 Å². The van der Waals surface area contributed by atoms with Crippen molar-refractivity contribution in [2.45, 2.75) is 39.2 Å². The molecule has 0 radical (unpaired) electrons. The summed E-state index contributed by atoms with van der Waals surface area (Å²) in [5.74, 6) is 0.672. The second-order valence-corrected chi connectivity index (χ2v) is 5.99. The summed E-state index contributed by atoms with van der Waals surface area (Å²) in [6.07, 6.45) is 5.41. The number of rotatable bonds is 5. The van der Waals surface area contributed by atoms with E-state index in [9.17, 15) is 4.79 Å². The molecule has 1 N–H and O–H groups in total. The second-order valence-electron chi connectivity index (χ2n) is 5.99. The number of unbranched alkanes of at least 4 members (excludes halogenated alkanes) is 1. The summed E-state index contributed by atoms with van der Waals surface area (Å²) in [6, 6.07) is 12.5. The molecule has 4 nitrogen and oxygen atoms in total. The maximum atomic E-state index is 11.7. The van der Waals surface area contributed by atoms with Gasteiger partial charge in [-0.1, -0.05) is 37.6 Å². The Labute approximate surface area is 137 Å². The van der Waals surface area contributed by atoms with E-state index in [-0.39, 0.29) is 5.91 Å². The lowest BCUT2D eigenvalue weighted by molar-refractivity contribution is -0.116. The zero-order chi connectivity index (χ0) is 16.1. The van der Waals surface area contributed by atoms with Gasteiger partial charge in [-0.05, 0) is 36.1 Å². The second kappa shape index (κ2) is 7.27. The average molecular weight is 309 g/mol. The molecule has 4 heteroatoms. The number of aromatic nitrogens is 1. The molecule has 1 aromatic heterocycles. The third kappa shape index (κ3) is 3.89. The van der Waals surface area contributed by atoms with E-state index in [2.05, 4.69) is 46.4 Å². The quantitative estimate of drug-likeness (QED) is 0.914. The number of anilines is 2. The number of amides is 1. The van der Waals surface area contributed by atoms with Crippen molar-refractivity contribution in [3.8, 4) is 0 Å². The summed E-state index contributed by atoms with van der Waals surface area (Å²) >= 11 is 0. The van der Waals surface area contributed by atoms with Crippen molar-refractivity contribution in [2.75, 3.05) is 16.8 Å². The van der Waals surface area contributed by atoms with Gasteiger partial charge in [0.15, 0.2) is 0 Å². The van der Waals surface area contributed by atoms with Gasteiger partial charge < -0.3 is 10.2 Å². The minimum absolute atomic E-state index is 0.0407. The van der Waals surface area contributed by atoms with Gasteiger partial charge in [0.2, 0.25) is 5.91 Å². The molecule has 0 unspecified atom stereocenters. The molecule has 0 saturated carbocycles.